The van der Waals surface area contributed by atoms with Gasteiger partial charge in [0.05, 0.1) is 18.4 Å². The van der Waals surface area contributed by atoms with Gasteiger partial charge in [-0.15, -0.1) is 10.2 Å². The third-order valence-electron chi connectivity index (χ3n) is 5.25. The Kier molecular flexibility index (Phi) is 8.50. The fourth-order valence-corrected chi connectivity index (χ4v) is 4.18. The van der Waals surface area contributed by atoms with Crippen molar-refractivity contribution in [3.05, 3.63) is 71.5 Å². The van der Waals surface area contributed by atoms with Crippen molar-refractivity contribution in [1.82, 2.24) is 14.8 Å². The molecule has 1 N–H and O–H groups in total. The zero-order chi connectivity index (χ0) is 24.7. The van der Waals surface area contributed by atoms with Crippen molar-refractivity contribution in [2.24, 2.45) is 0 Å². The minimum absolute atomic E-state index is 0.0228. The number of benzene rings is 2. The number of amides is 1. The molecular formula is C26H32N4O3S. The second-order valence-electron chi connectivity index (χ2n) is 9.03. The maximum absolute atomic E-state index is 12.9. The number of hydrogen-bond donors (Lipinski definition) is 1. The average molecular weight is 481 g/mol. The lowest BCUT2D eigenvalue weighted by Crippen LogP contribution is -2.23. The first-order valence-electron chi connectivity index (χ1n) is 11.4. The second-order valence-corrected chi connectivity index (χ2v) is 10.3. The van der Waals surface area contributed by atoms with Crippen molar-refractivity contribution >= 4 is 29.3 Å². The molecule has 8 heteroatoms. The van der Waals surface area contributed by atoms with Gasteiger partial charge >= 0.3 is 5.97 Å². The first-order valence-corrected chi connectivity index (χ1v) is 12.2. The molecule has 0 fully saturated rings. The Balaban J connectivity index is 1.74. The van der Waals surface area contributed by atoms with Gasteiger partial charge in [-0.3, -0.25) is 9.59 Å². The largest absolute Gasteiger partial charge is 0.466 e. The number of hydrogen-bond acceptors (Lipinski definition) is 6. The predicted molar refractivity (Wildman–Crippen MR) is 135 cm³/mol. The van der Waals surface area contributed by atoms with Gasteiger partial charge in [-0.05, 0) is 42.5 Å². The van der Waals surface area contributed by atoms with E-state index in [1.165, 1.54) is 17.3 Å². The molecule has 3 aromatic rings. The molecule has 180 valence electrons. The van der Waals surface area contributed by atoms with Crippen LogP contribution >= 0.6 is 11.8 Å². The van der Waals surface area contributed by atoms with Crippen molar-refractivity contribution < 1.29 is 14.3 Å². The molecule has 1 amide bonds. The maximum Gasteiger partial charge on any atom is 0.313 e. The van der Waals surface area contributed by atoms with Gasteiger partial charge in [0.25, 0.3) is 0 Å². The normalized spacial score (nSPS) is 12.3. The van der Waals surface area contributed by atoms with E-state index in [1.807, 2.05) is 66.1 Å². The lowest BCUT2D eigenvalue weighted by atomic mass is 9.87. The number of nitrogens with one attached hydrogen (secondary N) is 1. The van der Waals surface area contributed by atoms with Crippen molar-refractivity contribution in [3.8, 4) is 0 Å². The summed E-state index contributed by atoms with van der Waals surface area (Å²) < 4.78 is 6.96. The molecule has 1 aromatic heterocycles. The van der Waals surface area contributed by atoms with Gasteiger partial charge in [-0.1, -0.05) is 75.0 Å². The van der Waals surface area contributed by atoms with E-state index in [9.17, 15) is 9.59 Å². The number of carbonyl (C=O) groups is 2. The van der Waals surface area contributed by atoms with Gasteiger partial charge in [0, 0.05) is 5.69 Å². The summed E-state index contributed by atoms with van der Waals surface area (Å²) in [6.45, 7) is 10.9. The molecule has 0 aliphatic carbocycles. The molecule has 2 aromatic carbocycles. The quantitative estimate of drug-likeness (QED) is 0.348. The number of carbonyl (C=O) groups excluding carboxylic acids is 2. The van der Waals surface area contributed by atoms with Crippen molar-refractivity contribution in [3.63, 3.8) is 0 Å². The van der Waals surface area contributed by atoms with Crippen LogP contribution in [-0.4, -0.2) is 38.5 Å². The van der Waals surface area contributed by atoms with Crippen LogP contribution in [0.15, 0.2) is 59.8 Å². The van der Waals surface area contributed by atoms with Crippen LogP contribution in [0.4, 0.5) is 5.69 Å². The molecule has 0 spiro atoms. The van der Waals surface area contributed by atoms with E-state index in [0.29, 0.717) is 24.1 Å². The average Bonchev–Trinajstić information content (AvgIpc) is 3.15. The zero-order valence-corrected chi connectivity index (χ0v) is 21.2. The molecule has 0 unspecified atom stereocenters. The Morgan fingerprint density at radius 2 is 1.74 bits per heavy atom. The Morgan fingerprint density at radius 3 is 2.35 bits per heavy atom. The SMILES string of the molecule is CCOC(=O)Cc1nnc(S[C@@H](C)C(=O)Nc2ccc(C(C)(C)C)cc2)n1Cc1ccccc1. The molecule has 34 heavy (non-hydrogen) atoms. The highest BCUT2D eigenvalue weighted by Crippen LogP contribution is 2.26. The van der Waals surface area contributed by atoms with Gasteiger partial charge in [0.1, 0.15) is 12.2 Å². The van der Waals surface area contributed by atoms with Crippen LogP contribution in [0, 0.1) is 0 Å². The van der Waals surface area contributed by atoms with Gasteiger partial charge in [0.15, 0.2) is 5.16 Å². The smallest absolute Gasteiger partial charge is 0.313 e. The highest BCUT2D eigenvalue weighted by molar-refractivity contribution is 8.00. The summed E-state index contributed by atoms with van der Waals surface area (Å²) in [5, 5.41) is 11.6. The molecule has 7 nitrogen and oxygen atoms in total. The molecule has 0 saturated heterocycles. The summed E-state index contributed by atoms with van der Waals surface area (Å²) in [6, 6.07) is 17.8. The van der Waals surface area contributed by atoms with E-state index in [4.69, 9.17) is 4.74 Å². The van der Waals surface area contributed by atoms with Crippen molar-refractivity contribution in [2.75, 3.05) is 11.9 Å². The van der Waals surface area contributed by atoms with Crippen LogP contribution in [-0.2, 0) is 32.7 Å². The van der Waals surface area contributed by atoms with Gasteiger partial charge in [-0.25, -0.2) is 0 Å². The lowest BCUT2D eigenvalue weighted by Gasteiger charge is -2.19. The van der Waals surface area contributed by atoms with Crippen LogP contribution in [0.2, 0.25) is 0 Å². The summed E-state index contributed by atoms with van der Waals surface area (Å²) in [5.74, 6) is 0.0233. The number of anilines is 1. The van der Waals surface area contributed by atoms with E-state index in [1.54, 1.807) is 6.92 Å². The number of thioether (sulfide) groups is 1. The molecule has 0 saturated carbocycles. The lowest BCUT2D eigenvalue weighted by molar-refractivity contribution is -0.142. The monoisotopic (exact) mass is 480 g/mol. The van der Waals surface area contributed by atoms with Gasteiger partial charge < -0.3 is 14.6 Å². The third-order valence-corrected chi connectivity index (χ3v) is 6.34. The number of rotatable bonds is 9. The zero-order valence-electron chi connectivity index (χ0n) is 20.4. The number of ether oxygens (including phenoxy) is 1. The molecule has 3 rings (SSSR count). The van der Waals surface area contributed by atoms with E-state index < -0.39 is 5.25 Å². The molecule has 0 radical (unpaired) electrons. The molecule has 0 bridgehead atoms. The Labute approximate surface area is 205 Å². The van der Waals surface area contributed by atoms with Crippen LogP contribution in [0.25, 0.3) is 0 Å². The number of aromatic nitrogens is 3. The van der Waals surface area contributed by atoms with E-state index in [-0.39, 0.29) is 23.7 Å². The minimum Gasteiger partial charge on any atom is -0.466 e. The molecule has 0 aliphatic rings. The Hall–Kier alpha value is -3.13. The molecular weight excluding hydrogens is 448 g/mol. The first kappa shape index (κ1) is 25.5. The Bertz CT molecular complexity index is 1110. The number of nitrogens with zero attached hydrogens (tertiary/aromatic N) is 3. The Morgan fingerprint density at radius 1 is 1.06 bits per heavy atom. The highest BCUT2D eigenvalue weighted by atomic mass is 32.2. The van der Waals surface area contributed by atoms with Crippen LogP contribution < -0.4 is 5.32 Å². The standard InChI is InChI=1S/C26H32N4O3S/c1-6-33-23(31)16-22-28-29-25(30(22)17-19-10-8-7-9-11-19)34-18(2)24(32)27-21-14-12-20(13-15-21)26(3,4)5/h7-15,18H,6,16-17H2,1-5H3,(H,27,32)/t18-/m0/s1. The third kappa shape index (κ3) is 6.93. The summed E-state index contributed by atoms with van der Waals surface area (Å²) in [4.78, 5) is 24.9. The van der Waals surface area contributed by atoms with E-state index in [0.717, 1.165) is 11.3 Å². The predicted octanol–water partition coefficient (Wildman–Crippen LogP) is 4.85. The molecule has 1 heterocycles. The van der Waals surface area contributed by atoms with Gasteiger partial charge in [-0.2, -0.15) is 0 Å². The highest BCUT2D eigenvalue weighted by Gasteiger charge is 2.22. The van der Waals surface area contributed by atoms with E-state index >= 15 is 0 Å². The summed E-state index contributed by atoms with van der Waals surface area (Å²) in [7, 11) is 0. The fourth-order valence-electron chi connectivity index (χ4n) is 3.31. The van der Waals surface area contributed by atoms with Crippen molar-refractivity contribution in [1.29, 1.82) is 0 Å². The van der Waals surface area contributed by atoms with Gasteiger partial charge in [0.2, 0.25) is 5.91 Å². The van der Waals surface area contributed by atoms with Crippen LogP contribution in [0.5, 0.6) is 0 Å². The van der Waals surface area contributed by atoms with Crippen LogP contribution in [0.3, 0.4) is 0 Å². The summed E-state index contributed by atoms with van der Waals surface area (Å²) >= 11 is 1.31. The van der Waals surface area contributed by atoms with Crippen molar-refractivity contribution in [2.45, 2.75) is 63.4 Å². The maximum atomic E-state index is 12.9. The molecule has 1 atom stereocenters. The summed E-state index contributed by atoms with van der Waals surface area (Å²) in [6.07, 6.45) is 0.0228. The second kappa shape index (κ2) is 11.3. The van der Waals surface area contributed by atoms with E-state index in [2.05, 4.69) is 36.3 Å². The van der Waals surface area contributed by atoms with Crippen LogP contribution in [0.1, 0.15) is 51.6 Å². The minimum atomic E-state index is -0.420. The fraction of sp³-hybridized carbons (Fsp3) is 0.385. The topological polar surface area (TPSA) is 86.1 Å². The number of esters is 1. The first-order chi connectivity index (χ1) is 16.2. The molecule has 0 aliphatic heterocycles. The summed E-state index contributed by atoms with van der Waals surface area (Å²) in [5.41, 5.74) is 3.05.